The van der Waals surface area contributed by atoms with Gasteiger partial charge in [0.1, 0.15) is 23.0 Å². The molecule has 0 aliphatic rings. The van der Waals surface area contributed by atoms with Crippen molar-refractivity contribution >= 4 is 17.6 Å². The van der Waals surface area contributed by atoms with Crippen molar-refractivity contribution in [1.82, 2.24) is 24.7 Å². The topological polar surface area (TPSA) is 68.5 Å². The Balaban J connectivity index is 2.25. The van der Waals surface area contributed by atoms with Gasteiger partial charge in [-0.1, -0.05) is 6.92 Å². The SMILES string of the molecule is CCCc1nc(NCC)cc(Sc2ncnn2C)n1. The molecule has 19 heavy (non-hydrogen) atoms. The zero-order valence-electron chi connectivity index (χ0n) is 11.4. The number of aryl methyl sites for hydroxylation is 2. The molecule has 6 nitrogen and oxygen atoms in total. The van der Waals surface area contributed by atoms with Gasteiger partial charge in [0.05, 0.1) is 0 Å². The molecule has 0 fully saturated rings. The van der Waals surface area contributed by atoms with Gasteiger partial charge >= 0.3 is 0 Å². The van der Waals surface area contributed by atoms with Crippen LogP contribution < -0.4 is 5.32 Å². The summed E-state index contributed by atoms with van der Waals surface area (Å²) >= 11 is 1.50. The molecule has 2 heterocycles. The van der Waals surface area contributed by atoms with Crippen LogP contribution in [0, 0.1) is 0 Å². The summed E-state index contributed by atoms with van der Waals surface area (Å²) in [6.45, 7) is 5.02. The Hall–Kier alpha value is -1.63. The summed E-state index contributed by atoms with van der Waals surface area (Å²) in [4.78, 5) is 13.2. The lowest BCUT2D eigenvalue weighted by molar-refractivity contribution is 0.684. The maximum atomic E-state index is 4.55. The standard InChI is InChI=1S/C12H18N6S/c1-4-6-9-16-10(13-5-2)7-11(17-9)19-12-14-8-15-18(12)3/h7-8H,4-6H2,1-3H3,(H,13,16,17). The zero-order chi connectivity index (χ0) is 13.7. The average Bonchev–Trinajstić information content (AvgIpc) is 2.76. The summed E-state index contributed by atoms with van der Waals surface area (Å²) in [6.07, 6.45) is 3.46. The molecule has 2 rings (SSSR count). The molecule has 0 saturated carbocycles. The fourth-order valence-electron chi connectivity index (χ4n) is 1.60. The Labute approximate surface area is 117 Å². The predicted molar refractivity (Wildman–Crippen MR) is 75.3 cm³/mol. The van der Waals surface area contributed by atoms with Crippen LogP contribution in [0.2, 0.25) is 0 Å². The first-order chi connectivity index (χ1) is 9.22. The molecule has 0 aliphatic carbocycles. The van der Waals surface area contributed by atoms with Crippen molar-refractivity contribution in [3.8, 4) is 0 Å². The van der Waals surface area contributed by atoms with E-state index in [0.717, 1.165) is 41.2 Å². The predicted octanol–water partition coefficient (Wildman–Crippen LogP) is 2.14. The van der Waals surface area contributed by atoms with Crippen LogP contribution in [-0.2, 0) is 13.5 Å². The summed E-state index contributed by atoms with van der Waals surface area (Å²) in [5.41, 5.74) is 0. The Kier molecular flexibility index (Phi) is 4.73. The van der Waals surface area contributed by atoms with Crippen molar-refractivity contribution in [2.75, 3.05) is 11.9 Å². The second kappa shape index (κ2) is 6.51. The molecule has 2 aromatic heterocycles. The van der Waals surface area contributed by atoms with Crippen LogP contribution in [0.15, 0.2) is 22.6 Å². The summed E-state index contributed by atoms with van der Waals surface area (Å²) in [5.74, 6) is 1.73. The van der Waals surface area contributed by atoms with E-state index in [-0.39, 0.29) is 0 Å². The molecule has 0 radical (unpaired) electrons. The van der Waals surface area contributed by atoms with Gasteiger partial charge in [-0.05, 0) is 25.1 Å². The number of nitrogens with one attached hydrogen (secondary N) is 1. The molecule has 7 heteroatoms. The highest BCUT2D eigenvalue weighted by Crippen LogP contribution is 2.25. The van der Waals surface area contributed by atoms with Gasteiger partial charge in [0.2, 0.25) is 0 Å². The minimum atomic E-state index is 0.823. The van der Waals surface area contributed by atoms with Crippen LogP contribution >= 0.6 is 11.8 Å². The number of nitrogens with zero attached hydrogens (tertiary/aromatic N) is 5. The third-order valence-electron chi connectivity index (χ3n) is 2.45. The van der Waals surface area contributed by atoms with Gasteiger partial charge in [-0.3, -0.25) is 0 Å². The van der Waals surface area contributed by atoms with E-state index in [9.17, 15) is 0 Å². The minimum Gasteiger partial charge on any atom is -0.370 e. The average molecular weight is 278 g/mol. The van der Waals surface area contributed by atoms with E-state index >= 15 is 0 Å². The fraction of sp³-hybridized carbons (Fsp3) is 0.500. The maximum absolute atomic E-state index is 4.55. The molecule has 1 N–H and O–H groups in total. The highest BCUT2D eigenvalue weighted by atomic mass is 32.2. The van der Waals surface area contributed by atoms with Crippen molar-refractivity contribution in [2.24, 2.45) is 7.05 Å². The molecular weight excluding hydrogens is 260 g/mol. The molecule has 0 aliphatic heterocycles. The van der Waals surface area contributed by atoms with E-state index < -0.39 is 0 Å². The number of anilines is 1. The van der Waals surface area contributed by atoms with Gasteiger partial charge in [0.25, 0.3) is 0 Å². The maximum Gasteiger partial charge on any atom is 0.192 e. The van der Waals surface area contributed by atoms with E-state index in [1.807, 2.05) is 13.1 Å². The first-order valence-corrected chi connectivity index (χ1v) is 7.18. The summed E-state index contributed by atoms with van der Waals surface area (Å²) in [6, 6.07) is 1.95. The zero-order valence-corrected chi connectivity index (χ0v) is 12.2. The van der Waals surface area contributed by atoms with Crippen LogP contribution in [0.3, 0.4) is 0 Å². The second-order valence-electron chi connectivity index (χ2n) is 4.06. The lowest BCUT2D eigenvalue weighted by Crippen LogP contribution is -2.04. The molecule has 2 aromatic rings. The molecule has 0 amide bonds. The fourth-order valence-corrected chi connectivity index (χ4v) is 2.39. The molecule has 0 saturated heterocycles. The largest absolute Gasteiger partial charge is 0.370 e. The molecule has 102 valence electrons. The summed E-state index contributed by atoms with van der Waals surface area (Å²) in [7, 11) is 1.87. The van der Waals surface area contributed by atoms with E-state index in [2.05, 4.69) is 39.2 Å². The number of rotatable bonds is 6. The van der Waals surface area contributed by atoms with Crippen molar-refractivity contribution in [3.05, 3.63) is 18.2 Å². The van der Waals surface area contributed by atoms with E-state index in [0.29, 0.717) is 0 Å². The second-order valence-corrected chi connectivity index (χ2v) is 5.04. The van der Waals surface area contributed by atoms with Gasteiger partial charge in [-0.25, -0.2) is 19.6 Å². The van der Waals surface area contributed by atoms with Crippen LogP contribution in [0.5, 0.6) is 0 Å². The third kappa shape index (κ3) is 3.66. The quantitative estimate of drug-likeness (QED) is 0.816. The van der Waals surface area contributed by atoms with Crippen molar-refractivity contribution < 1.29 is 0 Å². The van der Waals surface area contributed by atoms with E-state index in [1.165, 1.54) is 11.8 Å². The first-order valence-electron chi connectivity index (χ1n) is 6.36. The van der Waals surface area contributed by atoms with Crippen LogP contribution in [-0.4, -0.2) is 31.3 Å². The summed E-state index contributed by atoms with van der Waals surface area (Å²) in [5, 5.41) is 9.01. The number of hydrogen-bond donors (Lipinski definition) is 1. The van der Waals surface area contributed by atoms with Crippen LogP contribution in [0.25, 0.3) is 0 Å². The Bertz CT molecular complexity index is 515. The third-order valence-corrected chi connectivity index (χ3v) is 3.42. The van der Waals surface area contributed by atoms with Crippen molar-refractivity contribution in [1.29, 1.82) is 0 Å². The lowest BCUT2D eigenvalue weighted by atomic mass is 10.3. The molecular formula is C12H18N6S. The van der Waals surface area contributed by atoms with Crippen LogP contribution in [0.1, 0.15) is 26.1 Å². The van der Waals surface area contributed by atoms with Gasteiger partial charge in [-0.15, -0.1) is 0 Å². The molecule has 0 aromatic carbocycles. The molecule has 0 unspecified atom stereocenters. The smallest absolute Gasteiger partial charge is 0.192 e. The van der Waals surface area contributed by atoms with Gasteiger partial charge < -0.3 is 5.32 Å². The number of aromatic nitrogens is 5. The van der Waals surface area contributed by atoms with E-state index in [1.54, 1.807) is 11.0 Å². The Morgan fingerprint density at radius 3 is 2.79 bits per heavy atom. The number of hydrogen-bond acceptors (Lipinski definition) is 6. The van der Waals surface area contributed by atoms with Gasteiger partial charge in [0, 0.05) is 26.1 Å². The Morgan fingerprint density at radius 1 is 1.32 bits per heavy atom. The molecule has 0 bridgehead atoms. The van der Waals surface area contributed by atoms with Crippen LogP contribution in [0.4, 0.5) is 5.82 Å². The lowest BCUT2D eigenvalue weighted by Gasteiger charge is -2.07. The van der Waals surface area contributed by atoms with Gasteiger partial charge in [-0.2, -0.15) is 5.10 Å². The minimum absolute atomic E-state index is 0.823. The highest BCUT2D eigenvalue weighted by molar-refractivity contribution is 7.99. The van der Waals surface area contributed by atoms with E-state index in [4.69, 9.17) is 0 Å². The molecule has 0 atom stereocenters. The molecule has 0 spiro atoms. The van der Waals surface area contributed by atoms with Gasteiger partial charge in [0.15, 0.2) is 5.16 Å². The summed E-state index contributed by atoms with van der Waals surface area (Å²) < 4.78 is 1.74. The Morgan fingerprint density at radius 2 is 2.16 bits per heavy atom. The highest BCUT2D eigenvalue weighted by Gasteiger charge is 2.08. The normalized spacial score (nSPS) is 10.7. The first kappa shape index (κ1) is 13.8. The van der Waals surface area contributed by atoms with Crippen molar-refractivity contribution in [3.63, 3.8) is 0 Å². The monoisotopic (exact) mass is 278 g/mol. The van der Waals surface area contributed by atoms with Crippen molar-refractivity contribution in [2.45, 2.75) is 36.9 Å².